The van der Waals surface area contributed by atoms with Crippen molar-refractivity contribution >= 4 is 29.2 Å². The van der Waals surface area contributed by atoms with Gasteiger partial charge in [-0.05, 0) is 44.4 Å². The summed E-state index contributed by atoms with van der Waals surface area (Å²) in [5, 5.41) is 13.4. The molecule has 1 atom stereocenters. The summed E-state index contributed by atoms with van der Waals surface area (Å²) in [4.78, 5) is 11.5. The smallest absolute Gasteiger partial charge is 0.328 e. The number of halogens is 2. The second-order valence-electron chi connectivity index (χ2n) is 4.88. The lowest BCUT2D eigenvalue weighted by Gasteiger charge is -2.28. The summed E-state index contributed by atoms with van der Waals surface area (Å²) in [5.74, 6) is -0.345. The van der Waals surface area contributed by atoms with Crippen LogP contribution in [0.3, 0.4) is 0 Å². The molecule has 0 radical (unpaired) electrons. The minimum atomic E-state index is -1.18. The summed E-state index contributed by atoms with van der Waals surface area (Å²) in [5.41, 5.74) is -0.633. The molecular weight excluding hydrogens is 273 g/mol. The summed E-state index contributed by atoms with van der Waals surface area (Å²) in [7, 11) is 0. The van der Waals surface area contributed by atoms with E-state index in [1.165, 1.54) is 0 Å². The van der Waals surface area contributed by atoms with E-state index < -0.39 is 11.5 Å². The second kappa shape index (κ2) is 5.08. The topological polar surface area (TPSA) is 49.3 Å². The van der Waals surface area contributed by atoms with Crippen molar-refractivity contribution in [1.29, 1.82) is 0 Å². The zero-order valence-corrected chi connectivity index (χ0v) is 11.6. The predicted molar refractivity (Wildman–Crippen MR) is 72.2 cm³/mol. The lowest BCUT2D eigenvalue weighted by molar-refractivity contribution is -0.144. The molecule has 0 amide bonds. The number of carboxylic acid groups (broad SMARTS) is 1. The molecule has 2 N–H and O–H groups in total. The Bertz CT molecular complexity index is 474. The average Bonchev–Trinajstić information content (AvgIpc) is 3.09. The van der Waals surface area contributed by atoms with Crippen LogP contribution in [-0.2, 0) is 10.3 Å². The number of rotatable bonds is 5. The molecule has 1 aliphatic carbocycles. The summed E-state index contributed by atoms with van der Waals surface area (Å²) in [6.07, 6.45) is 2.33. The summed E-state index contributed by atoms with van der Waals surface area (Å²) in [6.45, 7) is 2.33. The molecule has 5 heteroatoms. The van der Waals surface area contributed by atoms with Gasteiger partial charge < -0.3 is 5.11 Å². The SMILES string of the molecule is CC(NCC1CC1)(C(=O)O)c1ccc(Cl)cc1Cl. The molecule has 1 fully saturated rings. The predicted octanol–water partition coefficient (Wildman–Crippen LogP) is 3.29. The van der Waals surface area contributed by atoms with Crippen molar-refractivity contribution in [2.45, 2.75) is 25.3 Å². The van der Waals surface area contributed by atoms with Crippen LogP contribution < -0.4 is 5.32 Å². The van der Waals surface area contributed by atoms with Gasteiger partial charge in [0.25, 0.3) is 0 Å². The molecule has 2 rings (SSSR count). The van der Waals surface area contributed by atoms with E-state index in [9.17, 15) is 9.90 Å². The highest BCUT2D eigenvalue weighted by atomic mass is 35.5. The van der Waals surface area contributed by atoms with Gasteiger partial charge in [-0.3, -0.25) is 5.32 Å². The third-order valence-corrected chi connectivity index (χ3v) is 3.89. The Hall–Kier alpha value is -0.770. The van der Waals surface area contributed by atoms with E-state index in [1.807, 2.05) is 0 Å². The number of hydrogen-bond donors (Lipinski definition) is 2. The van der Waals surface area contributed by atoms with E-state index in [-0.39, 0.29) is 0 Å². The fourth-order valence-corrected chi connectivity index (χ4v) is 2.45. The van der Waals surface area contributed by atoms with E-state index in [0.717, 1.165) is 12.8 Å². The fraction of sp³-hybridized carbons (Fsp3) is 0.462. The second-order valence-corrected chi connectivity index (χ2v) is 5.72. The minimum absolute atomic E-state index is 0.371. The van der Waals surface area contributed by atoms with Gasteiger partial charge >= 0.3 is 5.97 Å². The molecule has 0 bridgehead atoms. The average molecular weight is 288 g/mol. The quantitative estimate of drug-likeness (QED) is 0.874. The number of aliphatic carboxylic acids is 1. The van der Waals surface area contributed by atoms with Gasteiger partial charge in [0.05, 0.1) is 0 Å². The van der Waals surface area contributed by atoms with Crippen LogP contribution >= 0.6 is 23.2 Å². The summed E-state index contributed by atoms with van der Waals surface area (Å²) < 4.78 is 0. The molecule has 1 unspecified atom stereocenters. The molecule has 1 saturated carbocycles. The van der Waals surface area contributed by atoms with Crippen molar-refractivity contribution < 1.29 is 9.90 Å². The third kappa shape index (κ3) is 2.79. The number of carbonyl (C=O) groups is 1. The van der Waals surface area contributed by atoms with Crippen LogP contribution in [0.25, 0.3) is 0 Å². The van der Waals surface area contributed by atoms with Crippen LogP contribution in [0, 0.1) is 5.92 Å². The zero-order chi connectivity index (χ0) is 13.3. The van der Waals surface area contributed by atoms with Crippen LogP contribution in [0.15, 0.2) is 18.2 Å². The molecule has 0 aliphatic heterocycles. The van der Waals surface area contributed by atoms with E-state index in [4.69, 9.17) is 23.2 Å². The first-order chi connectivity index (χ1) is 8.43. The Morgan fingerprint density at radius 1 is 1.50 bits per heavy atom. The highest BCUT2D eigenvalue weighted by Crippen LogP contribution is 2.33. The number of benzene rings is 1. The van der Waals surface area contributed by atoms with E-state index in [2.05, 4.69) is 5.32 Å². The third-order valence-electron chi connectivity index (χ3n) is 3.34. The van der Waals surface area contributed by atoms with Crippen molar-refractivity contribution in [2.24, 2.45) is 5.92 Å². The van der Waals surface area contributed by atoms with Crippen molar-refractivity contribution in [3.63, 3.8) is 0 Å². The fourth-order valence-electron chi connectivity index (χ4n) is 1.85. The zero-order valence-electron chi connectivity index (χ0n) is 10.0. The van der Waals surface area contributed by atoms with E-state index >= 15 is 0 Å². The Labute approximate surface area is 116 Å². The van der Waals surface area contributed by atoms with Crippen LogP contribution in [0.1, 0.15) is 25.3 Å². The van der Waals surface area contributed by atoms with Gasteiger partial charge in [0.2, 0.25) is 0 Å². The lowest BCUT2D eigenvalue weighted by atomic mass is 9.91. The highest BCUT2D eigenvalue weighted by molar-refractivity contribution is 6.35. The Balaban J connectivity index is 2.29. The first-order valence-electron chi connectivity index (χ1n) is 5.87. The monoisotopic (exact) mass is 287 g/mol. The van der Waals surface area contributed by atoms with Crippen LogP contribution in [0.2, 0.25) is 10.0 Å². The molecule has 1 aromatic rings. The maximum absolute atomic E-state index is 11.5. The van der Waals surface area contributed by atoms with Gasteiger partial charge in [-0.1, -0.05) is 29.3 Å². The van der Waals surface area contributed by atoms with Crippen molar-refractivity contribution in [3.8, 4) is 0 Å². The van der Waals surface area contributed by atoms with Gasteiger partial charge in [-0.2, -0.15) is 0 Å². The standard InChI is InChI=1S/C13H15Cl2NO2/c1-13(12(17)18,16-7-8-2-3-8)10-5-4-9(14)6-11(10)15/h4-6,8,16H,2-3,7H2,1H3,(H,17,18). The summed E-state index contributed by atoms with van der Waals surface area (Å²) in [6, 6.07) is 4.89. The normalized spacial score (nSPS) is 18.4. The molecule has 0 saturated heterocycles. The van der Waals surface area contributed by atoms with E-state index in [0.29, 0.717) is 28.1 Å². The lowest BCUT2D eigenvalue weighted by Crippen LogP contribution is -2.47. The Kier molecular flexibility index (Phi) is 3.85. The maximum Gasteiger partial charge on any atom is 0.328 e. The molecule has 0 aromatic heterocycles. The van der Waals surface area contributed by atoms with Crippen molar-refractivity contribution in [3.05, 3.63) is 33.8 Å². The van der Waals surface area contributed by atoms with Crippen molar-refractivity contribution in [2.75, 3.05) is 6.54 Å². The molecule has 0 heterocycles. The van der Waals surface area contributed by atoms with E-state index in [1.54, 1.807) is 25.1 Å². The van der Waals surface area contributed by atoms with Gasteiger partial charge in [0, 0.05) is 15.6 Å². The largest absolute Gasteiger partial charge is 0.480 e. The molecular formula is C13H15Cl2NO2. The minimum Gasteiger partial charge on any atom is -0.480 e. The molecule has 1 aliphatic rings. The maximum atomic E-state index is 11.5. The number of nitrogens with one attached hydrogen (secondary N) is 1. The van der Waals surface area contributed by atoms with Gasteiger partial charge in [0.1, 0.15) is 5.54 Å². The summed E-state index contributed by atoms with van der Waals surface area (Å²) >= 11 is 11.9. The van der Waals surface area contributed by atoms with Crippen molar-refractivity contribution in [1.82, 2.24) is 5.32 Å². The van der Waals surface area contributed by atoms with Crippen LogP contribution in [0.5, 0.6) is 0 Å². The molecule has 18 heavy (non-hydrogen) atoms. The molecule has 3 nitrogen and oxygen atoms in total. The first-order valence-corrected chi connectivity index (χ1v) is 6.63. The van der Waals surface area contributed by atoms with Gasteiger partial charge in [0.15, 0.2) is 0 Å². The number of hydrogen-bond acceptors (Lipinski definition) is 2. The molecule has 0 spiro atoms. The highest BCUT2D eigenvalue weighted by Gasteiger charge is 2.38. The van der Waals surface area contributed by atoms with Gasteiger partial charge in [-0.15, -0.1) is 0 Å². The van der Waals surface area contributed by atoms with Crippen LogP contribution in [0.4, 0.5) is 0 Å². The Morgan fingerprint density at radius 2 is 2.17 bits per heavy atom. The molecule has 98 valence electrons. The molecule has 1 aromatic carbocycles. The Morgan fingerprint density at radius 3 is 2.67 bits per heavy atom. The van der Waals surface area contributed by atoms with Gasteiger partial charge in [-0.25, -0.2) is 4.79 Å². The first kappa shape index (κ1) is 13.7. The van der Waals surface area contributed by atoms with Crippen LogP contribution in [-0.4, -0.2) is 17.6 Å². The number of carboxylic acids is 1.